The molecule has 9 heteroatoms. The molecule has 1 saturated carbocycles. The Balaban J connectivity index is 1.18. The maximum Gasteiger partial charge on any atom is 0.254 e. The number of ether oxygens (including phenoxy) is 1. The molecule has 2 aromatic rings. The van der Waals surface area contributed by atoms with E-state index < -0.39 is 29.6 Å². The molecule has 3 atom stereocenters. The number of halogens is 2. The van der Waals surface area contributed by atoms with E-state index in [2.05, 4.69) is 15.5 Å². The summed E-state index contributed by atoms with van der Waals surface area (Å²) in [4.78, 5) is 13.2. The van der Waals surface area contributed by atoms with Crippen LogP contribution in [0.3, 0.4) is 0 Å². The van der Waals surface area contributed by atoms with Crippen LogP contribution in [0.25, 0.3) is 11.3 Å². The molecule has 0 bridgehead atoms. The molecule has 2 saturated heterocycles. The Morgan fingerprint density at radius 1 is 1.15 bits per heavy atom. The molecule has 2 aliphatic heterocycles. The molecule has 176 valence electrons. The number of aromatic nitrogens is 2. The van der Waals surface area contributed by atoms with E-state index in [1.807, 2.05) is 4.90 Å². The van der Waals surface area contributed by atoms with Gasteiger partial charge in [0.05, 0.1) is 5.69 Å². The number of fused-ring (bicyclic) bond motifs is 1. The lowest BCUT2D eigenvalue weighted by atomic mass is 10.00. The van der Waals surface area contributed by atoms with Gasteiger partial charge in [-0.2, -0.15) is 0 Å². The van der Waals surface area contributed by atoms with Gasteiger partial charge in [0.15, 0.2) is 0 Å². The van der Waals surface area contributed by atoms with Crippen molar-refractivity contribution >= 4 is 11.7 Å². The van der Waals surface area contributed by atoms with Crippen LogP contribution in [0.2, 0.25) is 0 Å². The number of anilines is 1. The van der Waals surface area contributed by atoms with Crippen LogP contribution in [0.1, 0.15) is 38.8 Å². The second-order valence-electron chi connectivity index (χ2n) is 9.24. The standard InChI is InChI=1S/C24H29F2N5O2/c25-19-9-15(10-20(26)23(19)24(27)32)21-1-2-22(30-29-21)28-18-7-16-12-31(13-17(16)8-18)11-14-3-5-33-6-4-14/h1-2,9-10,14,16-18H,3-8,11-13H2,(H2,27,32)(H,28,30)/t16-,17+,18?/i11D2. The van der Waals surface area contributed by atoms with Crippen molar-refractivity contribution in [3.63, 3.8) is 0 Å². The second kappa shape index (κ2) is 9.30. The molecule has 0 radical (unpaired) electrons. The van der Waals surface area contributed by atoms with Crippen molar-refractivity contribution < 1.29 is 21.1 Å². The van der Waals surface area contributed by atoms with Gasteiger partial charge in [-0.25, -0.2) is 8.78 Å². The zero-order valence-corrected chi connectivity index (χ0v) is 18.3. The first-order valence-electron chi connectivity index (χ1n) is 12.4. The first-order chi connectivity index (χ1) is 16.7. The minimum Gasteiger partial charge on any atom is -0.381 e. The zero-order valence-electron chi connectivity index (χ0n) is 20.3. The third-order valence-electron chi connectivity index (χ3n) is 6.94. The molecule has 1 unspecified atom stereocenters. The normalized spacial score (nSPS) is 27.2. The summed E-state index contributed by atoms with van der Waals surface area (Å²) in [7, 11) is 0. The lowest BCUT2D eigenvalue weighted by molar-refractivity contribution is 0.0545. The second-order valence-corrected chi connectivity index (χ2v) is 9.24. The number of hydrogen-bond acceptors (Lipinski definition) is 6. The van der Waals surface area contributed by atoms with E-state index in [1.165, 1.54) is 0 Å². The van der Waals surface area contributed by atoms with Gasteiger partial charge in [0.1, 0.15) is 23.0 Å². The molecule has 33 heavy (non-hydrogen) atoms. The number of nitrogens with two attached hydrogens (primary N) is 1. The minimum absolute atomic E-state index is 0.0201. The predicted octanol–water partition coefficient (Wildman–Crippen LogP) is 3.07. The molecule has 3 aliphatic rings. The molecule has 3 N–H and O–H groups in total. The molecule has 0 spiro atoms. The quantitative estimate of drug-likeness (QED) is 0.690. The van der Waals surface area contributed by atoms with Crippen LogP contribution in [-0.4, -0.2) is 59.8 Å². The van der Waals surface area contributed by atoms with E-state index in [9.17, 15) is 13.6 Å². The summed E-state index contributed by atoms with van der Waals surface area (Å²) in [5.74, 6) is -1.78. The number of primary amides is 1. The highest BCUT2D eigenvalue weighted by atomic mass is 19.1. The largest absolute Gasteiger partial charge is 0.381 e. The third-order valence-corrected chi connectivity index (χ3v) is 6.94. The monoisotopic (exact) mass is 459 g/mol. The van der Waals surface area contributed by atoms with E-state index in [0.29, 0.717) is 30.9 Å². The number of carbonyl (C=O) groups excluding carboxylic acids is 1. The van der Waals surface area contributed by atoms with E-state index in [-0.39, 0.29) is 23.2 Å². The van der Waals surface area contributed by atoms with E-state index in [0.717, 1.165) is 50.9 Å². The topological polar surface area (TPSA) is 93.4 Å². The fourth-order valence-electron chi connectivity index (χ4n) is 5.34. The van der Waals surface area contributed by atoms with Gasteiger partial charge in [0.25, 0.3) is 5.91 Å². The molecular formula is C24H29F2N5O2. The van der Waals surface area contributed by atoms with Gasteiger partial charge in [-0.3, -0.25) is 4.79 Å². The molecule has 3 heterocycles. The van der Waals surface area contributed by atoms with Crippen LogP contribution in [0, 0.1) is 29.4 Å². The summed E-state index contributed by atoms with van der Waals surface area (Å²) < 4.78 is 51.0. The van der Waals surface area contributed by atoms with Gasteiger partial charge in [-0.15, -0.1) is 10.2 Å². The van der Waals surface area contributed by atoms with Crippen molar-refractivity contribution in [2.45, 2.75) is 31.7 Å². The van der Waals surface area contributed by atoms with Gasteiger partial charge >= 0.3 is 0 Å². The van der Waals surface area contributed by atoms with Crippen LogP contribution in [0.5, 0.6) is 0 Å². The number of nitrogens with one attached hydrogen (secondary N) is 1. The lowest BCUT2D eigenvalue weighted by Crippen LogP contribution is -2.32. The number of carbonyl (C=O) groups is 1. The van der Waals surface area contributed by atoms with Gasteiger partial charge in [0, 0.05) is 47.1 Å². The highest BCUT2D eigenvalue weighted by molar-refractivity contribution is 5.93. The van der Waals surface area contributed by atoms with Gasteiger partial charge in [-0.05, 0) is 67.7 Å². The number of benzene rings is 1. The van der Waals surface area contributed by atoms with Crippen LogP contribution in [-0.2, 0) is 4.74 Å². The number of rotatable bonds is 6. The fourth-order valence-corrected chi connectivity index (χ4v) is 5.34. The predicted molar refractivity (Wildman–Crippen MR) is 120 cm³/mol. The summed E-state index contributed by atoms with van der Waals surface area (Å²) in [6.07, 6.45) is 3.40. The van der Waals surface area contributed by atoms with Crippen molar-refractivity contribution in [3.05, 3.63) is 41.5 Å². The first-order valence-corrected chi connectivity index (χ1v) is 11.4. The molecule has 1 aliphatic carbocycles. The molecule has 5 rings (SSSR count). The van der Waals surface area contributed by atoms with Crippen molar-refractivity contribution in [1.82, 2.24) is 15.1 Å². The lowest BCUT2D eigenvalue weighted by Gasteiger charge is -2.27. The molecule has 3 fully saturated rings. The van der Waals surface area contributed by atoms with E-state index in [4.69, 9.17) is 13.2 Å². The minimum atomic E-state index is -1.30. The van der Waals surface area contributed by atoms with Crippen molar-refractivity contribution in [3.8, 4) is 11.3 Å². The van der Waals surface area contributed by atoms with Gasteiger partial charge in [0.2, 0.25) is 0 Å². The number of hydrogen-bond donors (Lipinski definition) is 2. The number of likely N-dealkylation sites (tertiary alicyclic amines) is 1. The maximum atomic E-state index is 14.1. The Morgan fingerprint density at radius 3 is 2.39 bits per heavy atom. The average molecular weight is 460 g/mol. The van der Waals surface area contributed by atoms with Crippen LogP contribution in [0.15, 0.2) is 24.3 Å². The summed E-state index contributed by atoms with van der Waals surface area (Å²) in [5.41, 5.74) is 4.69. The van der Waals surface area contributed by atoms with Crippen LogP contribution in [0.4, 0.5) is 14.6 Å². The molecule has 1 aromatic heterocycles. The number of nitrogens with zero attached hydrogens (tertiary/aromatic N) is 3. The zero-order chi connectivity index (χ0) is 24.7. The molecule has 1 aromatic carbocycles. The van der Waals surface area contributed by atoms with Crippen molar-refractivity contribution in [2.24, 2.45) is 23.5 Å². The highest BCUT2D eigenvalue weighted by Gasteiger charge is 2.41. The van der Waals surface area contributed by atoms with E-state index in [1.54, 1.807) is 12.1 Å². The average Bonchev–Trinajstić information content (AvgIpc) is 3.39. The van der Waals surface area contributed by atoms with Crippen molar-refractivity contribution in [1.29, 1.82) is 0 Å². The summed E-state index contributed by atoms with van der Waals surface area (Å²) in [5, 5.41) is 11.7. The van der Waals surface area contributed by atoms with Crippen molar-refractivity contribution in [2.75, 3.05) is 38.1 Å². The van der Waals surface area contributed by atoms with Crippen LogP contribution < -0.4 is 11.1 Å². The Labute approximate surface area is 194 Å². The summed E-state index contributed by atoms with van der Waals surface area (Å²) in [6.45, 7) is 1.50. The SMILES string of the molecule is [2H]C([2H])(C1CCOCC1)N1C[C@H]2CC(Nc3ccc(-c4cc(F)c(C(N)=O)c(F)c4)nn3)C[C@H]2C1. The smallest absolute Gasteiger partial charge is 0.254 e. The molecule has 7 nitrogen and oxygen atoms in total. The first kappa shape index (κ1) is 19.8. The molecular weight excluding hydrogens is 428 g/mol. The van der Waals surface area contributed by atoms with Gasteiger partial charge in [-0.1, -0.05) is 0 Å². The third kappa shape index (κ3) is 4.84. The number of amides is 1. The Kier molecular flexibility index (Phi) is 5.58. The highest BCUT2D eigenvalue weighted by Crippen LogP contribution is 2.39. The summed E-state index contributed by atoms with van der Waals surface area (Å²) in [6, 6.07) is 5.58. The fraction of sp³-hybridized carbons (Fsp3) is 0.542. The Hall–Kier alpha value is -2.65. The van der Waals surface area contributed by atoms with Gasteiger partial charge < -0.3 is 20.7 Å². The summed E-state index contributed by atoms with van der Waals surface area (Å²) >= 11 is 0. The Morgan fingerprint density at radius 2 is 1.82 bits per heavy atom. The molecule has 1 amide bonds. The maximum absolute atomic E-state index is 14.1. The Bertz CT molecular complexity index is 1060. The van der Waals surface area contributed by atoms with Crippen LogP contribution >= 0.6 is 0 Å². The van der Waals surface area contributed by atoms with E-state index >= 15 is 0 Å².